The van der Waals surface area contributed by atoms with Crippen molar-refractivity contribution in [1.29, 1.82) is 0 Å². The number of methoxy groups -OCH3 is 1. The minimum Gasteiger partial charge on any atom is -0.493 e. The van der Waals surface area contributed by atoms with Crippen molar-refractivity contribution in [2.75, 3.05) is 12.4 Å². The van der Waals surface area contributed by atoms with Crippen LogP contribution in [0.15, 0.2) is 41.1 Å². The SMILES string of the molecule is COc1cccc2cc(CNc3cnn(C(C)C)c3)oc12. The van der Waals surface area contributed by atoms with E-state index in [2.05, 4.69) is 24.3 Å². The van der Waals surface area contributed by atoms with Gasteiger partial charge in [0.2, 0.25) is 0 Å². The normalized spacial score (nSPS) is 11.2. The predicted molar refractivity (Wildman–Crippen MR) is 82.7 cm³/mol. The zero-order chi connectivity index (χ0) is 14.8. The molecule has 0 aliphatic carbocycles. The highest BCUT2D eigenvalue weighted by atomic mass is 16.5. The Morgan fingerprint density at radius 1 is 1.38 bits per heavy atom. The Morgan fingerprint density at radius 2 is 2.24 bits per heavy atom. The maximum atomic E-state index is 5.85. The van der Waals surface area contributed by atoms with Crippen LogP contribution in [0, 0.1) is 0 Å². The summed E-state index contributed by atoms with van der Waals surface area (Å²) in [5.74, 6) is 1.62. The van der Waals surface area contributed by atoms with E-state index in [1.807, 2.05) is 41.3 Å². The van der Waals surface area contributed by atoms with Gasteiger partial charge in [-0.2, -0.15) is 5.10 Å². The standard InChI is InChI=1S/C16H19N3O2/c1-11(2)19-10-13(8-18-19)17-9-14-7-12-5-4-6-15(20-3)16(12)21-14/h4-8,10-11,17H,9H2,1-3H3. The largest absolute Gasteiger partial charge is 0.493 e. The van der Waals surface area contributed by atoms with Gasteiger partial charge in [0.05, 0.1) is 25.5 Å². The van der Waals surface area contributed by atoms with Gasteiger partial charge in [-0.05, 0) is 26.0 Å². The number of hydrogen-bond acceptors (Lipinski definition) is 4. The highest BCUT2D eigenvalue weighted by Crippen LogP contribution is 2.28. The van der Waals surface area contributed by atoms with E-state index >= 15 is 0 Å². The van der Waals surface area contributed by atoms with E-state index in [1.54, 1.807) is 7.11 Å². The van der Waals surface area contributed by atoms with Gasteiger partial charge in [-0.3, -0.25) is 4.68 Å². The van der Waals surface area contributed by atoms with Crippen molar-refractivity contribution in [3.05, 3.63) is 42.4 Å². The van der Waals surface area contributed by atoms with Crippen molar-refractivity contribution in [2.24, 2.45) is 0 Å². The number of rotatable bonds is 5. The first-order valence-electron chi connectivity index (χ1n) is 7.01. The summed E-state index contributed by atoms with van der Waals surface area (Å²) in [5.41, 5.74) is 1.77. The molecule has 0 saturated heterocycles. The van der Waals surface area contributed by atoms with Gasteiger partial charge in [0, 0.05) is 17.6 Å². The molecule has 2 heterocycles. The molecule has 5 heteroatoms. The van der Waals surface area contributed by atoms with Crippen LogP contribution in [0.3, 0.4) is 0 Å². The molecule has 0 amide bonds. The van der Waals surface area contributed by atoms with Crippen molar-refractivity contribution >= 4 is 16.7 Å². The Bertz CT molecular complexity index is 743. The fourth-order valence-corrected chi connectivity index (χ4v) is 2.24. The molecule has 0 aliphatic rings. The molecule has 5 nitrogen and oxygen atoms in total. The number of hydrogen-bond donors (Lipinski definition) is 1. The van der Waals surface area contributed by atoms with Gasteiger partial charge in [0.1, 0.15) is 5.76 Å². The summed E-state index contributed by atoms with van der Waals surface area (Å²) in [7, 11) is 1.65. The second kappa shape index (κ2) is 5.52. The van der Waals surface area contributed by atoms with E-state index in [0.29, 0.717) is 12.6 Å². The van der Waals surface area contributed by atoms with E-state index in [0.717, 1.165) is 28.2 Å². The molecule has 0 atom stereocenters. The monoisotopic (exact) mass is 285 g/mol. The first-order chi connectivity index (χ1) is 10.2. The summed E-state index contributed by atoms with van der Waals surface area (Å²) in [5, 5.41) is 8.66. The Labute approximate surface area is 123 Å². The van der Waals surface area contributed by atoms with Crippen LogP contribution in [0.2, 0.25) is 0 Å². The van der Waals surface area contributed by atoms with Crippen molar-refractivity contribution in [3.63, 3.8) is 0 Å². The number of furan rings is 1. The van der Waals surface area contributed by atoms with E-state index in [9.17, 15) is 0 Å². The van der Waals surface area contributed by atoms with Gasteiger partial charge in [-0.1, -0.05) is 12.1 Å². The molecule has 21 heavy (non-hydrogen) atoms. The molecule has 2 aromatic heterocycles. The van der Waals surface area contributed by atoms with Crippen molar-refractivity contribution < 1.29 is 9.15 Å². The lowest BCUT2D eigenvalue weighted by molar-refractivity contribution is 0.408. The van der Waals surface area contributed by atoms with Gasteiger partial charge < -0.3 is 14.5 Å². The lowest BCUT2D eigenvalue weighted by atomic mass is 10.2. The molecule has 1 N–H and O–H groups in total. The smallest absolute Gasteiger partial charge is 0.176 e. The molecule has 110 valence electrons. The molecule has 1 aromatic carbocycles. The minimum atomic E-state index is 0.357. The fourth-order valence-electron chi connectivity index (χ4n) is 2.24. The molecule has 0 aliphatic heterocycles. The molecule has 3 rings (SSSR count). The fraction of sp³-hybridized carbons (Fsp3) is 0.312. The Kier molecular flexibility index (Phi) is 3.56. The highest BCUT2D eigenvalue weighted by molar-refractivity contribution is 5.83. The lowest BCUT2D eigenvalue weighted by Crippen LogP contribution is -2.00. The van der Waals surface area contributed by atoms with E-state index < -0.39 is 0 Å². The van der Waals surface area contributed by atoms with Gasteiger partial charge in [-0.15, -0.1) is 0 Å². The second-order valence-corrected chi connectivity index (χ2v) is 5.25. The molecule has 3 aromatic rings. The van der Waals surface area contributed by atoms with Crippen LogP contribution >= 0.6 is 0 Å². The number of nitrogens with one attached hydrogen (secondary N) is 1. The first kappa shape index (κ1) is 13.5. The molecule has 0 spiro atoms. The number of para-hydroxylation sites is 1. The zero-order valence-electron chi connectivity index (χ0n) is 12.5. The first-order valence-corrected chi connectivity index (χ1v) is 7.01. The van der Waals surface area contributed by atoms with Crippen LogP contribution < -0.4 is 10.1 Å². The average molecular weight is 285 g/mol. The van der Waals surface area contributed by atoms with Crippen LogP contribution in [0.25, 0.3) is 11.0 Å². The van der Waals surface area contributed by atoms with Gasteiger partial charge in [-0.25, -0.2) is 0 Å². The number of anilines is 1. The van der Waals surface area contributed by atoms with E-state index in [1.165, 1.54) is 0 Å². The van der Waals surface area contributed by atoms with Crippen LogP contribution in [0.1, 0.15) is 25.6 Å². The quantitative estimate of drug-likeness (QED) is 0.774. The van der Waals surface area contributed by atoms with E-state index in [-0.39, 0.29) is 0 Å². The lowest BCUT2D eigenvalue weighted by Gasteiger charge is -2.03. The number of ether oxygens (including phenoxy) is 1. The van der Waals surface area contributed by atoms with Crippen LogP contribution in [-0.4, -0.2) is 16.9 Å². The Balaban J connectivity index is 1.75. The summed E-state index contributed by atoms with van der Waals surface area (Å²) >= 11 is 0. The van der Waals surface area contributed by atoms with Crippen LogP contribution in [0.5, 0.6) is 5.75 Å². The van der Waals surface area contributed by atoms with Gasteiger partial charge >= 0.3 is 0 Å². The third-order valence-corrected chi connectivity index (χ3v) is 3.38. The average Bonchev–Trinajstić information content (AvgIpc) is 3.10. The Morgan fingerprint density at radius 3 is 2.95 bits per heavy atom. The molecule has 0 fully saturated rings. The number of nitrogens with zero attached hydrogens (tertiary/aromatic N) is 2. The summed E-state index contributed by atoms with van der Waals surface area (Å²) in [6.45, 7) is 4.81. The third kappa shape index (κ3) is 2.72. The van der Waals surface area contributed by atoms with Crippen LogP contribution in [-0.2, 0) is 6.54 Å². The highest BCUT2D eigenvalue weighted by Gasteiger charge is 2.09. The van der Waals surface area contributed by atoms with E-state index in [4.69, 9.17) is 9.15 Å². The molecule has 0 unspecified atom stereocenters. The maximum Gasteiger partial charge on any atom is 0.176 e. The minimum absolute atomic E-state index is 0.357. The summed E-state index contributed by atoms with van der Waals surface area (Å²) in [4.78, 5) is 0. The summed E-state index contributed by atoms with van der Waals surface area (Å²) in [6.07, 6.45) is 3.82. The molecular formula is C16H19N3O2. The predicted octanol–water partition coefficient (Wildman–Crippen LogP) is 3.83. The molecule has 0 bridgehead atoms. The van der Waals surface area contributed by atoms with Crippen molar-refractivity contribution in [3.8, 4) is 5.75 Å². The molecule has 0 radical (unpaired) electrons. The molecular weight excluding hydrogens is 266 g/mol. The number of aromatic nitrogens is 2. The Hall–Kier alpha value is -2.43. The zero-order valence-corrected chi connectivity index (χ0v) is 12.5. The maximum absolute atomic E-state index is 5.85. The van der Waals surface area contributed by atoms with Crippen molar-refractivity contribution in [1.82, 2.24) is 9.78 Å². The van der Waals surface area contributed by atoms with Crippen LogP contribution in [0.4, 0.5) is 5.69 Å². The summed E-state index contributed by atoms with van der Waals surface area (Å²) in [6, 6.07) is 8.26. The van der Waals surface area contributed by atoms with Gasteiger partial charge in [0.15, 0.2) is 11.3 Å². The summed E-state index contributed by atoms with van der Waals surface area (Å²) < 4.78 is 13.1. The number of fused-ring (bicyclic) bond motifs is 1. The number of benzene rings is 1. The molecule has 0 saturated carbocycles. The topological polar surface area (TPSA) is 52.2 Å². The van der Waals surface area contributed by atoms with Crippen molar-refractivity contribution in [2.45, 2.75) is 26.4 Å². The third-order valence-electron chi connectivity index (χ3n) is 3.38. The second-order valence-electron chi connectivity index (χ2n) is 5.25. The van der Waals surface area contributed by atoms with Gasteiger partial charge in [0.25, 0.3) is 0 Å².